The SMILES string of the molecule is Cc1ccc2oc(CN3CCn4cnnc4C3)c(C)c2c1. The van der Waals surface area contributed by atoms with Crippen LogP contribution in [0.5, 0.6) is 0 Å². The maximum Gasteiger partial charge on any atom is 0.147 e. The molecule has 0 fully saturated rings. The number of hydrogen-bond acceptors (Lipinski definition) is 4. The van der Waals surface area contributed by atoms with Crippen molar-refractivity contribution in [2.75, 3.05) is 6.54 Å². The summed E-state index contributed by atoms with van der Waals surface area (Å²) in [4.78, 5) is 2.36. The Balaban J connectivity index is 1.62. The van der Waals surface area contributed by atoms with Gasteiger partial charge in [0, 0.05) is 18.5 Å². The fraction of sp³-hybridized carbons (Fsp3) is 0.375. The molecule has 0 N–H and O–H groups in total. The van der Waals surface area contributed by atoms with Gasteiger partial charge in [0.15, 0.2) is 0 Å². The molecule has 5 nitrogen and oxygen atoms in total. The standard InChI is InChI=1S/C16H18N4O/c1-11-3-4-14-13(7-11)12(2)15(21-14)8-19-5-6-20-10-17-18-16(20)9-19/h3-4,7,10H,5-6,8-9H2,1-2H3. The lowest BCUT2D eigenvalue weighted by atomic mass is 10.1. The van der Waals surface area contributed by atoms with Crippen LogP contribution in [0.3, 0.4) is 0 Å². The summed E-state index contributed by atoms with van der Waals surface area (Å²) in [5.74, 6) is 2.09. The van der Waals surface area contributed by atoms with Crippen molar-refractivity contribution in [3.8, 4) is 0 Å². The highest BCUT2D eigenvalue weighted by Crippen LogP contribution is 2.27. The van der Waals surface area contributed by atoms with E-state index in [1.807, 2.05) is 6.33 Å². The minimum absolute atomic E-state index is 0.826. The lowest BCUT2D eigenvalue weighted by Gasteiger charge is -2.26. The van der Waals surface area contributed by atoms with Crippen molar-refractivity contribution in [1.29, 1.82) is 0 Å². The summed E-state index contributed by atoms with van der Waals surface area (Å²) in [6, 6.07) is 6.36. The third kappa shape index (κ3) is 2.14. The van der Waals surface area contributed by atoms with Crippen molar-refractivity contribution in [3.63, 3.8) is 0 Å². The van der Waals surface area contributed by atoms with Crippen LogP contribution in [-0.2, 0) is 19.6 Å². The largest absolute Gasteiger partial charge is 0.459 e. The second kappa shape index (κ2) is 4.70. The number of aryl methyl sites for hydroxylation is 2. The van der Waals surface area contributed by atoms with Crippen LogP contribution in [0.1, 0.15) is 22.7 Å². The quantitative estimate of drug-likeness (QED) is 0.725. The van der Waals surface area contributed by atoms with Gasteiger partial charge in [-0.2, -0.15) is 0 Å². The van der Waals surface area contributed by atoms with E-state index in [0.29, 0.717) is 0 Å². The predicted molar refractivity (Wildman–Crippen MR) is 79.8 cm³/mol. The Morgan fingerprint density at radius 3 is 3.05 bits per heavy atom. The van der Waals surface area contributed by atoms with Crippen LogP contribution in [0.2, 0.25) is 0 Å². The van der Waals surface area contributed by atoms with E-state index in [-0.39, 0.29) is 0 Å². The number of nitrogens with zero attached hydrogens (tertiary/aromatic N) is 4. The monoisotopic (exact) mass is 282 g/mol. The molecule has 0 amide bonds. The fourth-order valence-electron chi connectivity index (χ4n) is 2.99. The molecule has 2 aromatic heterocycles. The highest BCUT2D eigenvalue weighted by molar-refractivity contribution is 5.82. The summed E-state index contributed by atoms with van der Waals surface area (Å²) in [5, 5.41) is 9.36. The average molecular weight is 282 g/mol. The third-order valence-electron chi connectivity index (χ3n) is 4.28. The van der Waals surface area contributed by atoms with Crippen LogP contribution < -0.4 is 0 Å². The van der Waals surface area contributed by atoms with Gasteiger partial charge in [0.1, 0.15) is 23.5 Å². The molecule has 1 aromatic carbocycles. The molecule has 4 rings (SSSR count). The lowest BCUT2D eigenvalue weighted by molar-refractivity contribution is 0.195. The van der Waals surface area contributed by atoms with Crippen LogP contribution in [0.4, 0.5) is 0 Å². The summed E-state index contributed by atoms with van der Waals surface area (Å²) < 4.78 is 8.16. The molecule has 5 heteroatoms. The second-order valence-electron chi connectivity index (χ2n) is 5.80. The van der Waals surface area contributed by atoms with Gasteiger partial charge < -0.3 is 8.98 Å². The molecule has 0 unspecified atom stereocenters. The molecule has 108 valence electrons. The van der Waals surface area contributed by atoms with Gasteiger partial charge in [-0.25, -0.2) is 0 Å². The minimum atomic E-state index is 0.826. The van der Waals surface area contributed by atoms with Crippen LogP contribution in [-0.4, -0.2) is 26.2 Å². The fourth-order valence-corrected chi connectivity index (χ4v) is 2.99. The van der Waals surface area contributed by atoms with Gasteiger partial charge in [0.05, 0.1) is 13.1 Å². The molecular weight excluding hydrogens is 264 g/mol. The Morgan fingerprint density at radius 1 is 1.24 bits per heavy atom. The summed E-state index contributed by atoms with van der Waals surface area (Å²) in [7, 11) is 0. The number of aromatic nitrogens is 3. The number of rotatable bonds is 2. The van der Waals surface area contributed by atoms with E-state index in [0.717, 1.165) is 43.3 Å². The lowest BCUT2D eigenvalue weighted by Crippen LogP contribution is -2.33. The molecule has 0 aliphatic carbocycles. The highest BCUT2D eigenvalue weighted by atomic mass is 16.3. The minimum Gasteiger partial charge on any atom is -0.459 e. The van der Waals surface area contributed by atoms with Crippen LogP contribution in [0.25, 0.3) is 11.0 Å². The van der Waals surface area contributed by atoms with E-state index in [1.54, 1.807) is 0 Å². The van der Waals surface area contributed by atoms with E-state index < -0.39 is 0 Å². The summed E-state index contributed by atoms with van der Waals surface area (Å²) in [5.41, 5.74) is 3.50. The molecule has 21 heavy (non-hydrogen) atoms. The zero-order valence-corrected chi connectivity index (χ0v) is 12.3. The van der Waals surface area contributed by atoms with Gasteiger partial charge in [-0.15, -0.1) is 10.2 Å². The van der Waals surface area contributed by atoms with E-state index in [9.17, 15) is 0 Å². The molecule has 0 spiro atoms. The molecule has 1 aliphatic heterocycles. The summed E-state index contributed by atoms with van der Waals surface area (Å²) in [6.07, 6.45) is 1.81. The number of benzene rings is 1. The first-order valence-electron chi connectivity index (χ1n) is 7.28. The first-order valence-corrected chi connectivity index (χ1v) is 7.28. The Bertz CT molecular complexity index is 802. The Kier molecular flexibility index (Phi) is 2.82. The Morgan fingerprint density at radius 2 is 2.14 bits per heavy atom. The first-order chi connectivity index (χ1) is 10.2. The van der Waals surface area contributed by atoms with Crippen LogP contribution in [0, 0.1) is 13.8 Å². The molecule has 0 saturated carbocycles. The van der Waals surface area contributed by atoms with Crippen LogP contribution in [0.15, 0.2) is 28.9 Å². The summed E-state index contributed by atoms with van der Waals surface area (Å²) >= 11 is 0. The van der Waals surface area contributed by atoms with Crippen molar-refractivity contribution < 1.29 is 4.42 Å². The average Bonchev–Trinajstić information content (AvgIpc) is 3.05. The molecule has 3 aromatic rings. The smallest absolute Gasteiger partial charge is 0.147 e. The molecular formula is C16H18N4O. The second-order valence-corrected chi connectivity index (χ2v) is 5.80. The normalized spacial score (nSPS) is 15.5. The topological polar surface area (TPSA) is 47.1 Å². The van der Waals surface area contributed by atoms with Gasteiger partial charge >= 0.3 is 0 Å². The third-order valence-corrected chi connectivity index (χ3v) is 4.28. The van der Waals surface area contributed by atoms with Gasteiger partial charge in [0.25, 0.3) is 0 Å². The molecule has 1 aliphatic rings. The van der Waals surface area contributed by atoms with Gasteiger partial charge in [0.2, 0.25) is 0 Å². The van der Waals surface area contributed by atoms with E-state index in [2.05, 4.69) is 51.7 Å². The Labute approximate surface area is 123 Å². The predicted octanol–water partition coefficient (Wildman–Crippen LogP) is 2.66. The number of furan rings is 1. The van der Waals surface area contributed by atoms with Crippen molar-refractivity contribution in [2.45, 2.75) is 33.5 Å². The zero-order chi connectivity index (χ0) is 14.4. The maximum absolute atomic E-state index is 6.04. The molecule has 0 saturated heterocycles. The Hall–Kier alpha value is -2.14. The van der Waals surface area contributed by atoms with Crippen molar-refractivity contribution >= 4 is 11.0 Å². The zero-order valence-electron chi connectivity index (χ0n) is 12.3. The molecule has 3 heterocycles. The molecule has 0 bridgehead atoms. The van der Waals surface area contributed by atoms with E-state index in [4.69, 9.17) is 4.42 Å². The van der Waals surface area contributed by atoms with Crippen molar-refractivity contribution in [1.82, 2.24) is 19.7 Å². The maximum atomic E-state index is 6.04. The van der Waals surface area contributed by atoms with Gasteiger partial charge in [-0.1, -0.05) is 11.6 Å². The molecule has 0 radical (unpaired) electrons. The number of fused-ring (bicyclic) bond motifs is 2. The number of hydrogen-bond donors (Lipinski definition) is 0. The van der Waals surface area contributed by atoms with Crippen LogP contribution >= 0.6 is 0 Å². The van der Waals surface area contributed by atoms with Gasteiger partial charge in [-0.3, -0.25) is 4.90 Å². The first kappa shape index (κ1) is 12.6. The summed E-state index contributed by atoms with van der Waals surface area (Å²) in [6.45, 7) is 7.86. The highest BCUT2D eigenvalue weighted by Gasteiger charge is 2.20. The van der Waals surface area contributed by atoms with E-state index >= 15 is 0 Å². The van der Waals surface area contributed by atoms with Crippen molar-refractivity contribution in [3.05, 3.63) is 47.2 Å². The van der Waals surface area contributed by atoms with Crippen molar-refractivity contribution in [2.24, 2.45) is 0 Å². The van der Waals surface area contributed by atoms with Gasteiger partial charge in [-0.05, 0) is 31.5 Å². The molecule has 0 atom stereocenters. The van der Waals surface area contributed by atoms with E-state index in [1.165, 1.54) is 16.5 Å².